The lowest BCUT2D eigenvalue weighted by molar-refractivity contribution is 0.0807. The molecule has 0 aromatic heterocycles. The van der Waals surface area contributed by atoms with E-state index in [0.717, 1.165) is 24.0 Å². The van der Waals surface area contributed by atoms with Crippen molar-refractivity contribution in [2.75, 3.05) is 13.6 Å². The van der Waals surface area contributed by atoms with Crippen molar-refractivity contribution in [3.8, 4) is 16.9 Å². The van der Waals surface area contributed by atoms with E-state index >= 15 is 0 Å². The number of carbonyl (C=O) groups excluding carboxylic acids is 1. The monoisotopic (exact) mass is 447 g/mol. The maximum Gasteiger partial charge on any atom is 0.254 e. The highest BCUT2D eigenvalue weighted by atomic mass is 19.1. The molecule has 0 radical (unpaired) electrons. The molecule has 1 aliphatic rings. The van der Waals surface area contributed by atoms with E-state index < -0.39 is 0 Å². The Morgan fingerprint density at radius 2 is 2.00 bits per heavy atom. The Labute approximate surface area is 194 Å². The van der Waals surface area contributed by atoms with Gasteiger partial charge in [-0.15, -0.1) is 0 Å². The molecule has 1 saturated carbocycles. The van der Waals surface area contributed by atoms with Crippen LogP contribution in [0.4, 0.5) is 4.39 Å². The van der Waals surface area contributed by atoms with Gasteiger partial charge < -0.3 is 20.8 Å². The topological polar surface area (TPSA) is 79.4 Å². The molecule has 0 bridgehead atoms. The summed E-state index contributed by atoms with van der Waals surface area (Å²) >= 11 is 0. The van der Waals surface area contributed by atoms with Gasteiger partial charge in [0.15, 0.2) is 0 Å². The van der Waals surface area contributed by atoms with Crippen molar-refractivity contribution in [2.24, 2.45) is 5.73 Å². The lowest BCUT2D eigenvalue weighted by atomic mass is 10.0. The first-order chi connectivity index (χ1) is 15.7. The predicted octanol–water partition coefficient (Wildman–Crippen LogP) is 5.49. The maximum atomic E-state index is 13.8. The van der Waals surface area contributed by atoms with Crippen LogP contribution in [0.2, 0.25) is 0 Å². The third-order valence-corrected chi connectivity index (χ3v) is 5.34. The maximum absolute atomic E-state index is 13.8. The van der Waals surface area contributed by atoms with Crippen molar-refractivity contribution in [2.45, 2.75) is 32.8 Å². The number of allylic oxidation sites excluding steroid dienone is 3. The fourth-order valence-corrected chi connectivity index (χ4v) is 3.40. The zero-order valence-electron chi connectivity index (χ0n) is 19.3. The van der Waals surface area contributed by atoms with Crippen LogP contribution in [0, 0.1) is 11.2 Å². The Balaban J connectivity index is 1.90. The first kappa shape index (κ1) is 24.0. The van der Waals surface area contributed by atoms with Crippen LogP contribution in [0.3, 0.4) is 0 Å². The van der Waals surface area contributed by atoms with Gasteiger partial charge in [-0.1, -0.05) is 30.4 Å². The summed E-state index contributed by atoms with van der Waals surface area (Å²) in [5, 5.41) is 7.47. The van der Waals surface area contributed by atoms with Gasteiger partial charge >= 0.3 is 0 Å². The number of amides is 1. The molecule has 3 rings (SSSR count). The van der Waals surface area contributed by atoms with Crippen molar-refractivity contribution in [1.29, 1.82) is 5.41 Å². The van der Waals surface area contributed by atoms with Crippen LogP contribution in [0.25, 0.3) is 11.1 Å². The number of nitrogens with two attached hydrogens (primary N) is 1. The summed E-state index contributed by atoms with van der Waals surface area (Å²) in [5.74, 6) is 0.0425. The van der Waals surface area contributed by atoms with Gasteiger partial charge in [-0.05, 0) is 73.7 Å². The van der Waals surface area contributed by atoms with Crippen molar-refractivity contribution in [3.63, 3.8) is 0 Å². The van der Waals surface area contributed by atoms with Crippen molar-refractivity contribution in [1.82, 2.24) is 4.90 Å². The molecule has 0 spiro atoms. The molecule has 33 heavy (non-hydrogen) atoms. The Hall–Kier alpha value is -3.67. The van der Waals surface area contributed by atoms with Gasteiger partial charge in [0.1, 0.15) is 11.6 Å². The predicted molar refractivity (Wildman–Crippen MR) is 131 cm³/mol. The molecule has 1 amide bonds. The largest absolute Gasteiger partial charge is 0.490 e. The van der Waals surface area contributed by atoms with Crippen LogP contribution in [0.1, 0.15) is 37.0 Å². The first-order valence-corrected chi connectivity index (χ1v) is 10.8. The van der Waals surface area contributed by atoms with Gasteiger partial charge in [0.05, 0.1) is 6.10 Å². The second-order valence-corrected chi connectivity index (χ2v) is 8.46. The normalized spacial score (nSPS) is 14.4. The number of likely N-dealkylation sites (N-methyl/N-ethyl adjacent to an activating group) is 1. The summed E-state index contributed by atoms with van der Waals surface area (Å²) in [6.45, 7) is 7.76. The van der Waals surface area contributed by atoms with Crippen molar-refractivity contribution in [3.05, 3.63) is 88.9 Å². The Morgan fingerprint density at radius 3 is 2.61 bits per heavy atom. The van der Waals surface area contributed by atoms with Gasteiger partial charge in [-0.3, -0.25) is 4.79 Å². The molecule has 3 N–H and O–H groups in total. The molecule has 5 nitrogen and oxygen atoms in total. The van der Waals surface area contributed by atoms with Gasteiger partial charge in [-0.2, -0.15) is 0 Å². The Bertz CT molecular complexity index is 1150. The van der Waals surface area contributed by atoms with E-state index in [-0.39, 0.29) is 24.4 Å². The highest BCUT2D eigenvalue weighted by Gasteiger charge is 2.26. The Kier molecular flexibility index (Phi) is 7.48. The van der Waals surface area contributed by atoms with E-state index in [1.165, 1.54) is 18.3 Å². The number of nitrogens with zero attached hydrogens (tertiary/aromatic N) is 1. The zero-order valence-corrected chi connectivity index (χ0v) is 19.3. The highest BCUT2D eigenvalue weighted by molar-refractivity contribution is 5.95. The number of carbonyl (C=O) groups is 1. The van der Waals surface area contributed by atoms with Gasteiger partial charge in [0.25, 0.3) is 5.91 Å². The minimum Gasteiger partial charge on any atom is -0.490 e. The molecule has 2 aromatic carbocycles. The summed E-state index contributed by atoms with van der Waals surface area (Å²) in [4.78, 5) is 14.8. The molecular formula is C27H30FN3O2. The number of hydrogen-bond donors (Lipinski definition) is 2. The summed E-state index contributed by atoms with van der Waals surface area (Å²) in [6.07, 6.45) is 5.07. The highest BCUT2D eigenvalue weighted by Crippen LogP contribution is 2.36. The molecule has 1 fully saturated rings. The van der Waals surface area contributed by atoms with Crippen LogP contribution >= 0.6 is 0 Å². The number of hydrogen-bond acceptors (Lipinski definition) is 4. The molecule has 0 heterocycles. The smallest absolute Gasteiger partial charge is 0.254 e. The van der Waals surface area contributed by atoms with Gasteiger partial charge in [-0.25, -0.2) is 4.39 Å². The molecule has 0 aliphatic heterocycles. The zero-order chi connectivity index (χ0) is 24.1. The minimum absolute atomic E-state index is 0.125. The molecule has 172 valence electrons. The minimum atomic E-state index is -0.326. The molecule has 0 saturated heterocycles. The molecule has 6 heteroatoms. The summed E-state index contributed by atoms with van der Waals surface area (Å²) in [7, 11) is 1.70. The number of nitrogens with one attached hydrogen (secondary N) is 1. The second kappa shape index (κ2) is 10.3. The third kappa shape index (κ3) is 6.19. The fourth-order valence-electron chi connectivity index (χ4n) is 3.40. The van der Waals surface area contributed by atoms with Gasteiger partial charge in [0.2, 0.25) is 0 Å². The molecule has 0 atom stereocenters. The summed E-state index contributed by atoms with van der Waals surface area (Å²) < 4.78 is 19.9. The van der Waals surface area contributed by atoms with Crippen LogP contribution in [-0.2, 0) is 0 Å². The first-order valence-electron chi connectivity index (χ1n) is 10.8. The van der Waals surface area contributed by atoms with E-state index in [1.807, 2.05) is 19.1 Å². The third-order valence-electron chi connectivity index (χ3n) is 5.34. The SMILES string of the molecule is C=C(C)/C=C(CN(C)C(=O)c1ccc(-c2cccc(F)c2)c(OC2CC2)c1)\C(N)=C(/C)C=N. The van der Waals surface area contributed by atoms with Crippen LogP contribution in [0.5, 0.6) is 5.75 Å². The van der Waals surface area contributed by atoms with E-state index in [4.69, 9.17) is 15.9 Å². The van der Waals surface area contributed by atoms with Crippen LogP contribution < -0.4 is 10.5 Å². The fraction of sp³-hybridized carbons (Fsp3) is 0.259. The lowest BCUT2D eigenvalue weighted by Crippen LogP contribution is -2.30. The Morgan fingerprint density at radius 1 is 1.27 bits per heavy atom. The molecule has 0 unspecified atom stereocenters. The lowest BCUT2D eigenvalue weighted by Gasteiger charge is -2.21. The van der Waals surface area contributed by atoms with E-state index in [2.05, 4.69) is 6.58 Å². The van der Waals surface area contributed by atoms with Crippen LogP contribution in [0.15, 0.2) is 77.5 Å². The number of ether oxygens (including phenoxy) is 1. The number of rotatable bonds is 9. The summed E-state index contributed by atoms with van der Waals surface area (Å²) in [5.41, 5.74) is 10.7. The van der Waals surface area contributed by atoms with Crippen LogP contribution in [-0.4, -0.2) is 36.7 Å². The quantitative estimate of drug-likeness (QED) is 0.394. The average Bonchev–Trinajstić information content (AvgIpc) is 3.60. The number of halogens is 1. The molecule has 2 aromatic rings. The number of benzene rings is 2. The van der Waals surface area contributed by atoms with E-state index in [9.17, 15) is 9.18 Å². The van der Waals surface area contributed by atoms with E-state index in [0.29, 0.717) is 33.7 Å². The molecular weight excluding hydrogens is 417 g/mol. The van der Waals surface area contributed by atoms with Gasteiger partial charge in [0, 0.05) is 36.6 Å². The van der Waals surface area contributed by atoms with Crippen molar-refractivity contribution < 1.29 is 13.9 Å². The summed E-state index contributed by atoms with van der Waals surface area (Å²) in [6, 6.07) is 11.6. The second-order valence-electron chi connectivity index (χ2n) is 8.46. The standard InChI is InChI=1S/C27H30FN3O2/c1-17(2)12-21(26(30)18(3)15-29)16-31(4)27(32)20-8-11-24(19-6-5-7-22(28)13-19)25(14-20)33-23-9-10-23/h5-8,11-15,23,29H,1,9-10,16,30H2,2-4H3/b21-12-,26-18-,29-15?. The van der Waals surface area contributed by atoms with E-state index in [1.54, 1.807) is 43.1 Å². The molecule has 1 aliphatic carbocycles. The van der Waals surface area contributed by atoms with Crippen molar-refractivity contribution >= 4 is 12.1 Å². The average molecular weight is 448 g/mol.